The summed E-state index contributed by atoms with van der Waals surface area (Å²) in [5.74, 6) is 0.495. The summed E-state index contributed by atoms with van der Waals surface area (Å²) in [6.45, 7) is 14.5. The van der Waals surface area contributed by atoms with Gasteiger partial charge in [0.1, 0.15) is 0 Å². The van der Waals surface area contributed by atoms with E-state index < -0.39 is 0 Å². The van der Waals surface area contributed by atoms with E-state index >= 15 is 0 Å². The zero-order valence-corrected chi connectivity index (χ0v) is 22.0. The molecule has 0 aliphatic carbocycles. The van der Waals surface area contributed by atoms with Gasteiger partial charge in [0.2, 0.25) is 5.88 Å². The number of rotatable bonds is 11. The molecule has 5 nitrogen and oxygen atoms in total. The van der Waals surface area contributed by atoms with E-state index in [1.54, 1.807) is 0 Å². The molecule has 0 aliphatic heterocycles. The molecule has 34 heavy (non-hydrogen) atoms. The topological polar surface area (TPSA) is 45.7 Å². The Morgan fingerprint density at radius 3 is 2.26 bits per heavy atom. The minimum Gasteiger partial charge on any atom is -0.478 e. The Morgan fingerprint density at radius 2 is 1.62 bits per heavy atom. The number of para-hydroxylation sites is 2. The molecule has 0 saturated heterocycles. The minimum atomic E-state index is -0.0153. The highest BCUT2D eigenvalue weighted by Gasteiger charge is 2.24. The molecule has 184 valence electrons. The number of fused-ring (bicyclic) bond motifs is 1. The highest BCUT2D eigenvalue weighted by atomic mass is 35.5. The number of unbranched alkanes of at least 4 members (excludes halogenated alkanes) is 1. The Labute approximate surface area is 210 Å². The first kappa shape index (κ1) is 27.6. The summed E-state index contributed by atoms with van der Waals surface area (Å²) in [6, 6.07) is 15.8. The first-order chi connectivity index (χ1) is 16.0. The average Bonchev–Trinajstić information content (AvgIpc) is 2.82. The molecule has 3 aromatic rings. The summed E-state index contributed by atoms with van der Waals surface area (Å²) in [7, 11) is 0. The smallest absolute Gasteiger partial charge is 0.259 e. The van der Waals surface area contributed by atoms with Crippen LogP contribution in [0.4, 0.5) is 5.69 Å². The normalized spacial score (nSPS) is 10.9. The number of amides is 1. The molecule has 1 amide bonds. The highest BCUT2D eigenvalue weighted by Crippen LogP contribution is 2.29. The van der Waals surface area contributed by atoms with Crippen molar-refractivity contribution in [2.45, 2.75) is 47.5 Å². The molecule has 0 aliphatic rings. The third-order valence-corrected chi connectivity index (χ3v) is 6.16. The van der Waals surface area contributed by atoms with Crippen molar-refractivity contribution in [2.24, 2.45) is 0 Å². The van der Waals surface area contributed by atoms with Crippen LogP contribution in [0, 0.1) is 13.8 Å². The zero-order valence-electron chi connectivity index (χ0n) is 21.1. The number of ether oxygens (including phenoxy) is 1. The maximum absolute atomic E-state index is 14.2. The van der Waals surface area contributed by atoms with Gasteiger partial charge in [-0.2, -0.15) is 0 Å². The Bertz CT molecular complexity index is 1060. The largest absolute Gasteiger partial charge is 0.478 e. The molecule has 2 aromatic carbocycles. The quantitative estimate of drug-likeness (QED) is 0.294. The van der Waals surface area contributed by atoms with E-state index in [1.165, 1.54) is 0 Å². The van der Waals surface area contributed by atoms with E-state index in [4.69, 9.17) is 4.74 Å². The van der Waals surface area contributed by atoms with E-state index in [2.05, 4.69) is 56.6 Å². The number of aryl methyl sites for hydroxylation is 2. The zero-order chi connectivity index (χ0) is 23.8. The lowest BCUT2D eigenvalue weighted by Gasteiger charge is -2.29. The van der Waals surface area contributed by atoms with Crippen LogP contribution in [0.15, 0.2) is 48.5 Å². The molecule has 1 heterocycles. The number of benzene rings is 2. The van der Waals surface area contributed by atoms with E-state index in [0.717, 1.165) is 60.2 Å². The van der Waals surface area contributed by atoms with Gasteiger partial charge in [-0.1, -0.05) is 63.6 Å². The second kappa shape index (κ2) is 13.3. The predicted molar refractivity (Wildman–Crippen MR) is 145 cm³/mol. The fraction of sp³-hybridized carbons (Fsp3) is 0.429. The molecule has 0 unspecified atom stereocenters. The van der Waals surface area contributed by atoms with Crippen molar-refractivity contribution in [2.75, 3.05) is 37.7 Å². The Kier molecular flexibility index (Phi) is 10.8. The van der Waals surface area contributed by atoms with Crippen molar-refractivity contribution >= 4 is 34.9 Å². The maximum atomic E-state index is 14.2. The highest BCUT2D eigenvalue weighted by molar-refractivity contribution is 6.14. The lowest BCUT2D eigenvalue weighted by molar-refractivity contribution is 0.0984. The van der Waals surface area contributed by atoms with Gasteiger partial charge in [0.25, 0.3) is 5.91 Å². The second-order valence-corrected chi connectivity index (χ2v) is 8.45. The van der Waals surface area contributed by atoms with Crippen LogP contribution in [-0.2, 0) is 0 Å². The molecule has 0 spiro atoms. The van der Waals surface area contributed by atoms with Crippen molar-refractivity contribution in [3.8, 4) is 5.88 Å². The monoisotopic (exact) mass is 483 g/mol. The standard InChI is InChI=1S/C28H37N3O2.ClH/c1-6-9-19-33-26-20-24(23-15-10-11-16-25(23)29-26)28(32)31(18-17-30(7-2)8-3)27-21(4)13-12-14-22(27)5;/h10-16,20H,6-9,17-19H2,1-5H3;1H. The SMILES string of the molecule is CCCCOc1cc(C(=O)N(CCN(CC)CC)c2c(C)cccc2C)c2ccccc2n1.Cl. The van der Waals surface area contributed by atoms with Gasteiger partial charge in [0, 0.05) is 30.2 Å². The molecule has 0 bridgehead atoms. The van der Waals surface area contributed by atoms with Crippen molar-refractivity contribution in [1.29, 1.82) is 0 Å². The van der Waals surface area contributed by atoms with Crippen LogP contribution in [0.25, 0.3) is 10.9 Å². The first-order valence-corrected chi connectivity index (χ1v) is 12.1. The second-order valence-electron chi connectivity index (χ2n) is 8.45. The van der Waals surface area contributed by atoms with Crippen molar-refractivity contribution < 1.29 is 9.53 Å². The molecule has 0 fully saturated rings. The van der Waals surface area contributed by atoms with Gasteiger partial charge in [-0.05, 0) is 50.6 Å². The van der Waals surface area contributed by atoms with Gasteiger partial charge in [-0.15, -0.1) is 12.4 Å². The van der Waals surface area contributed by atoms with E-state index in [1.807, 2.05) is 41.3 Å². The molecule has 0 radical (unpaired) electrons. The number of aromatic nitrogens is 1. The number of pyridine rings is 1. The number of carbonyl (C=O) groups is 1. The number of nitrogens with zero attached hydrogens (tertiary/aromatic N) is 3. The average molecular weight is 484 g/mol. The summed E-state index contributed by atoms with van der Waals surface area (Å²) in [5, 5.41) is 0.851. The molecule has 6 heteroatoms. The molecular formula is C28H38ClN3O2. The summed E-state index contributed by atoms with van der Waals surface area (Å²) in [6.07, 6.45) is 2.00. The van der Waals surface area contributed by atoms with E-state index in [0.29, 0.717) is 24.6 Å². The van der Waals surface area contributed by atoms with Gasteiger partial charge in [-0.3, -0.25) is 4.79 Å². The fourth-order valence-electron chi connectivity index (χ4n) is 4.20. The first-order valence-electron chi connectivity index (χ1n) is 12.1. The predicted octanol–water partition coefficient (Wildman–Crippen LogP) is 6.44. The van der Waals surface area contributed by atoms with Gasteiger partial charge < -0.3 is 14.5 Å². The van der Waals surface area contributed by atoms with Gasteiger partial charge in [0.15, 0.2) is 0 Å². The summed E-state index contributed by atoms with van der Waals surface area (Å²) in [4.78, 5) is 23.1. The summed E-state index contributed by atoms with van der Waals surface area (Å²) < 4.78 is 5.92. The fourth-order valence-corrected chi connectivity index (χ4v) is 4.20. The Balaban J connectivity index is 0.00000408. The van der Waals surface area contributed by atoms with E-state index in [9.17, 15) is 4.79 Å². The molecule has 0 N–H and O–H groups in total. The number of hydrogen-bond donors (Lipinski definition) is 0. The Morgan fingerprint density at radius 1 is 0.941 bits per heavy atom. The van der Waals surface area contributed by atoms with Gasteiger partial charge in [0.05, 0.1) is 17.7 Å². The van der Waals surface area contributed by atoms with Crippen LogP contribution in [-0.4, -0.2) is 48.6 Å². The van der Waals surface area contributed by atoms with Crippen LogP contribution < -0.4 is 9.64 Å². The van der Waals surface area contributed by atoms with Gasteiger partial charge in [-0.25, -0.2) is 4.98 Å². The minimum absolute atomic E-state index is 0. The van der Waals surface area contributed by atoms with Gasteiger partial charge >= 0.3 is 0 Å². The van der Waals surface area contributed by atoms with Crippen molar-refractivity contribution in [3.63, 3.8) is 0 Å². The van der Waals surface area contributed by atoms with Crippen molar-refractivity contribution in [3.05, 3.63) is 65.2 Å². The molecule has 3 rings (SSSR count). The number of carbonyl (C=O) groups excluding carboxylic acids is 1. The number of anilines is 1. The van der Waals surface area contributed by atoms with Crippen LogP contribution >= 0.6 is 12.4 Å². The summed E-state index contributed by atoms with van der Waals surface area (Å²) >= 11 is 0. The number of hydrogen-bond acceptors (Lipinski definition) is 4. The molecular weight excluding hydrogens is 446 g/mol. The number of halogens is 1. The third kappa shape index (κ3) is 6.49. The summed E-state index contributed by atoms with van der Waals surface area (Å²) in [5.41, 5.74) is 4.60. The third-order valence-electron chi connectivity index (χ3n) is 6.16. The lowest BCUT2D eigenvalue weighted by Crippen LogP contribution is -2.39. The van der Waals surface area contributed by atoms with Crippen LogP contribution in [0.3, 0.4) is 0 Å². The molecule has 1 aromatic heterocycles. The van der Waals surface area contributed by atoms with Crippen LogP contribution in [0.5, 0.6) is 5.88 Å². The molecule has 0 atom stereocenters. The molecule has 0 saturated carbocycles. The van der Waals surface area contributed by atoms with E-state index in [-0.39, 0.29) is 18.3 Å². The van der Waals surface area contributed by atoms with Crippen LogP contribution in [0.2, 0.25) is 0 Å². The van der Waals surface area contributed by atoms with Crippen LogP contribution in [0.1, 0.15) is 55.1 Å². The lowest BCUT2D eigenvalue weighted by atomic mass is 10.0. The Hall–Kier alpha value is -2.63. The van der Waals surface area contributed by atoms with Crippen molar-refractivity contribution in [1.82, 2.24) is 9.88 Å². The maximum Gasteiger partial charge on any atom is 0.259 e. The number of likely N-dealkylation sites (N-methyl/N-ethyl adjacent to an activating group) is 1.